The molecule has 134 valence electrons. The Morgan fingerprint density at radius 2 is 2.17 bits per heavy atom. The lowest BCUT2D eigenvalue weighted by Crippen LogP contribution is -2.41. The van der Waals surface area contributed by atoms with Crippen molar-refractivity contribution in [1.82, 2.24) is 15.2 Å². The number of likely N-dealkylation sites (N-methyl/N-ethyl adjacent to an activating group) is 1. The van der Waals surface area contributed by atoms with E-state index in [1.807, 2.05) is 30.2 Å². The summed E-state index contributed by atoms with van der Waals surface area (Å²) in [5, 5.41) is 6.06. The van der Waals surface area contributed by atoms with Gasteiger partial charge in [0, 0.05) is 25.3 Å². The lowest BCUT2D eigenvalue weighted by Gasteiger charge is -2.22. The van der Waals surface area contributed by atoms with Crippen LogP contribution in [0.4, 0.5) is 5.82 Å². The molecular formula is C16H26N4O3S. The molecule has 0 aromatic carbocycles. The van der Waals surface area contributed by atoms with Crippen LogP contribution < -0.4 is 10.6 Å². The minimum Gasteiger partial charge on any atom is -0.370 e. The third-order valence-corrected chi connectivity index (χ3v) is 5.87. The first-order valence-corrected chi connectivity index (χ1v) is 10.0. The maximum Gasteiger partial charge on any atom is 0.234 e. The lowest BCUT2D eigenvalue weighted by atomic mass is 10.2. The summed E-state index contributed by atoms with van der Waals surface area (Å²) in [5.74, 6) is 1.14. The number of aromatic nitrogens is 1. The van der Waals surface area contributed by atoms with Gasteiger partial charge < -0.3 is 10.6 Å². The lowest BCUT2D eigenvalue weighted by molar-refractivity contribution is -0.122. The molecule has 0 bridgehead atoms. The molecule has 1 fully saturated rings. The Labute approximate surface area is 143 Å². The van der Waals surface area contributed by atoms with Gasteiger partial charge in [-0.15, -0.1) is 0 Å². The molecule has 0 aliphatic carbocycles. The highest BCUT2D eigenvalue weighted by atomic mass is 32.2. The van der Waals surface area contributed by atoms with Crippen molar-refractivity contribution in [3.8, 4) is 0 Å². The number of sulfone groups is 1. The summed E-state index contributed by atoms with van der Waals surface area (Å²) in [5.41, 5.74) is 1.12. The molecule has 2 rings (SSSR count). The molecule has 1 amide bonds. The molecule has 8 heteroatoms. The molecule has 1 atom stereocenters. The van der Waals surface area contributed by atoms with Crippen LogP contribution in [0.1, 0.15) is 18.4 Å². The van der Waals surface area contributed by atoms with Crippen molar-refractivity contribution in [1.29, 1.82) is 0 Å². The normalized spacial score (nSPS) is 19.4. The zero-order chi connectivity index (χ0) is 17.6. The van der Waals surface area contributed by atoms with Gasteiger partial charge in [0.05, 0.1) is 18.1 Å². The van der Waals surface area contributed by atoms with E-state index in [2.05, 4.69) is 15.6 Å². The smallest absolute Gasteiger partial charge is 0.234 e. The van der Waals surface area contributed by atoms with E-state index in [1.54, 1.807) is 7.05 Å². The first-order chi connectivity index (χ1) is 11.4. The number of carbonyl (C=O) groups is 1. The summed E-state index contributed by atoms with van der Waals surface area (Å²) in [6, 6.07) is 3.88. The second kappa shape index (κ2) is 8.43. The third-order valence-electron chi connectivity index (χ3n) is 4.12. The SMILES string of the molecule is Cc1ccc(NCCCNC(=O)CN(C)[C@@H]2CCS(=O)(=O)C2)nc1. The highest BCUT2D eigenvalue weighted by Crippen LogP contribution is 2.15. The van der Waals surface area contributed by atoms with E-state index in [1.165, 1.54) is 0 Å². The van der Waals surface area contributed by atoms with Crippen molar-refractivity contribution in [3.63, 3.8) is 0 Å². The maximum atomic E-state index is 11.9. The standard InChI is InChI=1S/C16H26N4O3S/c1-13-4-5-15(19-10-13)17-7-3-8-18-16(21)11-20(2)14-6-9-24(22,23)12-14/h4-5,10,14H,3,6-9,11-12H2,1-2H3,(H,17,19)(H,18,21)/t14-/m1/s1. The molecule has 1 aliphatic heterocycles. The minimum atomic E-state index is -2.92. The fourth-order valence-electron chi connectivity index (χ4n) is 2.64. The van der Waals surface area contributed by atoms with Crippen LogP contribution in [0.15, 0.2) is 18.3 Å². The summed E-state index contributed by atoms with van der Waals surface area (Å²) < 4.78 is 22.9. The van der Waals surface area contributed by atoms with Crippen LogP contribution in [0.5, 0.6) is 0 Å². The minimum absolute atomic E-state index is 0.0463. The van der Waals surface area contributed by atoms with Gasteiger partial charge in [0.15, 0.2) is 9.84 Å². The van der Waals surface area contributed by atoms with Crippen LogP contribution in [0, 0.1) is 6.92 Å². The maximum absolute atomic E-state index is 11.9. The number of amides is 1. The van der Waals surface area contributed by atoms with E-state index < -0.39 is 9.84 Å². The van der Waals surface area contributed by atoms with Crippen molar-refractivity contribution >= 4 is 21.6 Å². The highest BCUT2D eigenvalue weighted by Gasteiger charge is 2.31. The highest BCUT2D eigenvalue weighted by molar-refractivity contribution is 7.91. The Morgan fingerprint density at radius 3 is 2.79 bits per heavy atom. The van der Waals surface area contributed by atoms with E-state index >= 15 is 0 Å². The third kappa shape index (κ3) is 6.09. The zero-order valence-corrected chi connectivity index (χ0v) is 15.1. The number of nitrogens with zero attached hydrogens (tertiary/aromatic N) is 2. The topological polar surface area (TPSA) is 91.4 Å². The van der Waals surface area contributed by atoms with Gasteiger partial charge in [-0.25, -0.2) is 13.4 Å². The molecule has 2 N–H and O–H groups in total. The van der Waals surface area contributed by atoms with Crippen molar-refractivity contribution in [2.24, 2.45) is 0 Å². The quantitative estimate of drug-likeness (QED) is 0.658. The predicted octanol–water partition coefficient (Wildman–Crippen LogP) is 0.427. The number of nitrogens with one attached hydrogen (secondary N) is 2. The second-order valence-electron chi connectivity index (χ2n) is 6.32. The molecule has 0 saturated carbocycles. The largest absolute Gasteiger partial charge is 0.370 e. The number of carbonyl (C=O) groups excluding carboxylic acids is 1. The fraction of sp³-hybridized carbons (Fsp3) is 0.625. The zero-order valence-electron chi connectivity index (χ0n) is 14.3. The van der Waals surface area contributed by atoms with Gasteiger partial charge in [0.1, 0.15) is 5.82 Å². The number of hydrogen-bond donors (Lipinski definition) is 2. The molecule has 0 unspecified atom stereocenters. The van der Waals surface area contributed by atoms with E-state index in [4.69, 9.17) is 0 Å². The first kappa shape index (κ1) is 18.7. The molecule has 0 spiro atoms. The number of anilines is 1. The van der Waals surface area contributed by atoms with Gasteiger partial charge in [0.25, 0.3) is 0 Å². The Bertz CT molecular complexity index is 646. The fourth-order valence-corrected chi connectivity index (χ4v) is 4.44. The van der Waals surface area contributed by atoms with Crippen molar-refractivity contribution in [2.45, 2.75) is 25.8 Å². The van der Waals surface area contributed by atoms with E-state index in [9.17, 15) is 13.2 Å². The summed E-state index contributed by atoms with van der Waals surface area (Å²) in [4.78, 5) is 18.0. The van der Waals surface area contributed by atoms with E-state index in [0.29, 0.717) is 13.0 Å². The number of rotatable bonds is 8. The molecule has 1 aliphatic rings. The Kier molecular flexibility index (Phi) is 6.56. The summed E-state index contributed by atoms with van der Waals surface area (Å²) in [7, 11) is -1.12. The molecule has 0 radical (unpaired) electrons. The monoisotopic (exact) mass is 354 g/mol. The van der Waals surface area contributed by atoms with Crippen LogP contribution >= 0.6 is 0 Å². The van der Waals surface area contributed by atoms with E-state index in [0.717, 1.165) is 24.3 Å². The van der Waals surface area contributed by atoms with Crippen LogP contribution in [-0.2, 0) is 14.6 Å². The second-order valence-corrected chi connectivity index (χ2v) is 8.55. The first-order valence-electron chi connectivity index (χ1n) is 8.19. The van der Waals surface area contributed by atoms with Crippen molar-refractivity contribution < 1.29 is 13.2 Å². The molecule has 1 saturated heterocycles. The van der Waals surface area contributed by atoms with Gasteiger partial charge in [-0.05, 0) is 38.4 Å². The summed E-state index contributed by atoms with van der Waals surface area (Å²) in [6.45, 7) is 3.53. The van der Waals surface area contributed by atoms with Gasteiger partial charge in [0.2, 0.25) is 5.91 Å². The van der Waals surface area contributed by atoms with E-state index in [-0.39, 0.29) is 30.0 Å². The molecule has 1 aromatic heterocycles. The van der Waals surface area contributed by atoms with Crippen LogP contribution in [-0.4, -0.2) is 68.4 Å². The van der Waals surface area contributed by atoms with Crippen LogP contribution in [0.2, 0.25) is 0 Å². The predicted molar refractivity (Wildman–Crippen MR) is 94.8 cm³/mol. The molecule has 1 aromatic rings. The average molecular weight is 354 g/mol. The van der Waals surface area contributed by atoms with Crippen LogP contribution in [0.3, 0.4) is 0 Å². The number of aryl methyl sites for hydroxylation is 1. The summed E-state index contributed by atoms with van der Waals surface area (Å²) in [6.07, 6.45) is 3.21. The van der Waals surface area contributed by atoms with Crippen molar-refractivity contribution in [2.75, 3.05) is 43.5 Å². The van der Waals surface area contributed by atoms with Crippen LogP contribution in [0.25, 0.3) is 0 Å². The molecule has 7 nitrogen and oxygen atoms in total. The van der Waals surface area contributed by atoms with Gasteiger partial charge in [-0.2, -0.15) is 0 Å². The Morgan fingerprint density at radius 1 is 1.38 bits per heavy atom. The molecule has 24 heavy (non-hydrogen) atoms. The summed E-state index contributed by atoms with van der Waals surface area (Å²) >= 11 is 0. The molecular weight excluding hydrogens is 328 g/mol. The van der Waals surface area contributed by atoms with Gasteiger partial charge >= 0.3 is 0 Å². The Balaban J connectivity index is 1.59. The number of hydrogen-bond acceptors (Lipinski definition) is 6. The van der Waals surface area contributed by atoms with Gasteiger partial charge in [-0.1, -0.05) is 6.07 Å². The molecule has 2 heterocycles. The average Bonchev–Trinajstić information content (AvgIpc) is 2.89. The van der Waals surface area contributed by atoms with Crippen molar-refractivity contribution in [3.05, 3.63) is 23.9 Å². The number of pyridine rings is 1. The Hall–Kier alpha value is -1.67. The van der Waals surface area contributed by atoms with Gasteiger partial charge in [-0.3, -0.25) is 9.69 Å².